The fourth-order valence-corrected chi connectivity index (χ4v) is 7.96. The van der Waals surface area contributed by atoms with Crippen molar-refractivity contribution in [3.05, 3.63) is 53.0 Å². The fourth-order valence-electron chi connectivity index (χ4n) is 6.98. The maximum atomic E-state index is 13.1. The Hall–Kier alpha value is -2.58. The highest BCUT2D eigenvalue weighted by molar-refractivity contribution is 7.98. The number of benzene rings is 1. The molecule has 2 aliphatic carbocycles. The van der Waals surface area contributed by atoms with E-state index in [-0.39, 0.29) is 35.7 Å². The lowest BCUT2D eigenvalue weighted by atomic mass is 9.70. The average molecular weight is 523 g/mol. The fraction of sp³-hybridized carbons (Fsp3) is 0.552. The lowest BCUT2D eigenvalue weighted by Gasteiger charge is -2.38. The van der Waals surface area contributed by atoms with Crippen LogP contribution in [0.25, 0.3) is 0 Å². The molecule has 3 amide bonds. The van der Waals surface area contributed by atoms with Crippen LogP contribution in [0.1, 0.15) is 80.3 Å². The number of ether oxygens (including phenoxy) is 1. The molecule has 1 aromatic carbocycles. The van der Waals surface area contributed by atoms with E-state index in [0.717, 1.165) is 34.3 Å². The van der Waals surface area contributed by atoms with Crippen molar-refractivity contribution in [3.63, 3.8) is 0 Å². The van der Waals surface area contributed by atoms with Gasteiger partial charge < -0.3 is 14.1 Å². The number of hydrogen-bond acceptors (Lipinski definition) is 6. The summed E-state index contributed by atoms with van der Waals surface area (Å²) < 4.78 is 12.5. The first-order valence-electron chi connectivity index (χ1n) is 13.3. The highest BCUT2D eigenvalue weighted by Gasteiger charge is 2.61. The van der Waals surface area contributed by atoms with Crippen molar-refractivity contribution in [2.45, 2.75) is 88.8 Å². The number of nitrogens with zero attached hydrogens (tertiary/aromatic N) is 1. The molecule has 4 aliphatic rings. The molecule has 37 heavy (non-hydrogen) atoms. The largest absolute Gasteiger partial charge is 0.463 e. The zero-order valence-electron chi connectivity index (χ0n) is 21.7. The van der Waals surface area contributed by atoms with Crippen molar-refractivity contribution in [1.29, 1.82) is 0 Å². The van der Waals surface area contributed by atoms with Gasteiger partial charge in [0.15, 0.2) is 0 Å². The normalized spacial score (nSPS) is 30.2. The van der Waals surface area contributed by atoms with Gasteiger partial charge in [-0.1, -0.05) is 26.8 Å². The van der Waals surface area contributed by atoms with Crippen LogP contribution >= 0.6 is 11.8 Å². The summed E-state index contributed by atoms with van der Waals surface area (Å²) in [5.41, 5.74) is 2.12. The van der Waals surface area contributed by atoms with E-state index in [2.05, 4.69) is 26.1 Å². The van der Waals surface area contributed by atoms with Crippen LogP contribution in [0, 0.1) is 16.7 Å². The summed E-state index contributed by atoms with van der Waals surface area (Å²) in [5, 5.41) is 2.36. The molecule has 8 heteroatoms. The topological polar surface area (TPSA) is 88.9 Å². The number of amides is 3. The summed E-state index contributed by atoms with van der Waals surface area (Å²) in [7, 11) is 0. The minimum Gasteiger partial charge on any atom is -0.463 e. The Morgan fingerprint density at radius 2 is 1.92 bits per heavy atom. The maximum Gasteiger partial charge on any atom is 0.255 e. The molecule has 1 aromatic heterocycles. The van der Waals surface area contributed by atoms with Gasteiger partial charge in [0.1, 0.15) is 24.2 Å². The quantitative estimate of drug-likeness (QED) is 0.404. The molecule has 3 fully saturated rings. The summed E-state index contributed by atoms with van der Waals surface area (Å²) >= 11 is 1.63. The molecule has 196 valence electrons. The van der Waals surface area contributed by atoms with Crippen molar-refractivity contribution in [3.8, 4) is 0 Å². The van der Waals surface area contributed by atoms with Crippen LogP contribution in [0.15, 0.2) is 39.6 Å². The summed E-state index contributed by atoms with van der Waals surface area (Å²) in [5.74, 6) is 2.28. The molecule has 0 spiro atoms. The minimum absolute atomic E-state index is 0.151. The van der Waals surface area contributed by atoms with Gasteiger partial charge in [0.2, 0.25) is 11.8 Å². The van der Waals surface area contributed by atoms with E-state index in [0.29, 0.717) is 36.3 Å². The van der Waals surface area contributed by atoms with Gasteiger partial charge in [-0.3, -0.25) is 19.7 Å². The number of rotatable bonds is 7. The van der Waals surface area contributed by atoms with Gasteiger partial charge in [0.05, 0.1) is 11.9 Å². The van der Waals surface area contributed by atoms with Crippen molar-refractivity contribution in [2.24, 2.45) is 16.7 Å². The summed E-state index contributed by atoms with van der Waals surface area (Å²) in [6.45, 7) is 8.05. The number of carbonyl (C=O) groups excluding carboxylic acids is 3. The zero-order chi connectivity index (χ0) is 25.9. The van der Waals surface area contributed by atoms with E-state index in [1.54, 1.807) is 16.7 Å². The molecule has 2 aromatic rings. The van der Waals surface area contributed by atoms with Gasteiger partial charge in [0.25, 0.3) is 5.91 Å². The van der Waals surface area contributed by atoms with Crippen LogP contribution < -0.4 is 5.32 Å². The predicted octanol–water partition coefficient (Wildman–Crippen LogP) is 5.06. The third-order valence-corrected chi connectivity index (χ3v) is 10.9. The molecule has 6 rings (SSSR count). The molecular formula is C29H34N2O5S. The van der Waals surface area contributed by atoms with Crippen LogP contribution in [-0.4, -0.2) is 34.8 Å². The Morgan fingerprint density at radius 3 is 2.65 bits per heavy atom. The predicted molar refractivity (Wildman–Crippen MR) is 139 cm³/mol. The third-order valence-electron chi connectivity index (χ3n) is 9.77. The highest BCUT2D eigenvalue weighted by atomic mass is 32.2. The molecule has 3 heterocycles. The van der Waals surface area contributed by atoms with Gasteiger partial charge >= 0.3 is 0 Å². The van der Waals surface area contributed by atoms with Gasteiger partial charge in [-0.2, -0.15) is 0 Å². The Kier molecular flexibility index (Phi) is 6.03. The lowest BCUT2D eigenvalue weighted by molar-refractivity contribution is -0.136. The molecule has 1 N–H and O–H groups in total. The Morgan fingerprint density at radius 1 is 1.11 bits per heavy atom. The first-order valence-corrected chi connectivity index (χ1v) is 14.2. The van der Waals surface area contributed by atoms with E-state index < -0.39 is 6.04 Å². The number of nitrogens with one attached hydrogen (secondary N) is 1. The summed E-state index contributed by atoms with van der Waals surface area (Å²) in [4.78, 5) is 39.6. The molecule has 4 unspecified atom stereocenters. The molecule has 1 saturated heterocycles. The maximum absolute atomic E-state index is 13.1. The number of piperidine rings is 1. The number of hydrogen-bond donors (Lipinski definition) is 1. The zero-order valence-corrected chi connectivity index (χ0v) is 22.5. The monoisotopic (exact) mass is 522 g/mol. The molecule has 2 saturated carbocycles. The molecule has 2 bridgehead atoms. The van der Waals surface area contributed by atoms with E-state index in [1.165, 1.54) is 12.8 Å². The standard InChI is InChI=1S/C29H34N2O5S/c1-28(2)17-11-12-29(28,3)24(13-17)35-15-18-7-8-19(36-18)16-37-23-6-4-5-20-21(23)14-31(27(20)34)22-9-10-25(32)30-26(22)33/h4-8,17,22,24H,9-16H2,1-3H3,(H,30,32,33). The molecule has 0 radical (unpaired) electrons. The van der Waals surface area contributed by atoms with Crippen LogP contribution in [0.3, 0.4) is 0 Å². The summed E-state index contributed by atoms with van der Waals surface area (Å²) in [6, 6.07) is 9.10. The Bertz CT molecular complexity index is 1270. The Balaban J connectivity index is 1.08. The summed E-state index contributed by atoms with van der Waals surface area (Å²) in [6.07, 6.45) is 4.58. The van der Waals surface area contributed by atoms with Crippen molar-refractivity contribution >= 4 is 29.5 Å². The van der Waals surface area contributed by atoms with E-state index >= 15 is 0 Å². The van der Waals surface area contributed by atoms with Gasteiger partial charge in [0, 0.05) is 23.4 Å². The molecule has 4 atom stereocenters. The van der Waals surface area contributed by atoms with Crippen molar-refractivity contribution in [2.75, 3.05) is 0 Å². The number of imide groups is 1. The lowest BCUT2D eigenvalue weighted by Crippen LogP contribution is -2.52. The second-order valence-corrected chi connectivity index (χ2v) is 12.8. The van der Waals surface area contributed by atoms with Crippen LogP contribution in [-0.2, 0) is 33.2 Å². The average Bonchev–Trinajstić information content (AvgIpc) is 3.56. The molecule has 2 aliphatic heterocycles. The van der Waals surface area contributed by atoms with Crippen molar-refractivity contribution in [1.82, 2.24) is 10.2 Å². The van der Waals surface area contributed by atoms with Gasteiger partial charge in [-0.25, -0.2) is 0 Å². The number of furan rings is 1. The van der Waals surface area contributed by atoms with Crippen molar-refractivity contribution < 1.29 is 23.5 Å². The first kappa shape index (κ1) is 24.7. The number of carbonyl (C=O) groups is 3. The number of fused-ring (bicyclic) bond motifs is 3. The highest BCUT2D eigenvalue weighted by Crippen LogP contribution is 2.66. The van der Waals surface area contributed by atoms with Crippen LogP contribution in [0.2, 0.25) is 0 Å². The molecular weight excluding hydrogens is 488 g/mol. The Labute approximate surface area is 221 Å². The SMILES string of the molecule is CC1(C)C2CCC1(C)C(OCc1ccc(CSc3cccc4c3CN(C3CCC(=O)NC3=O)C4=O)o1)C2. The second-order valence-electron chi connectivity index (χ2n) is 11.7. The van der Waals surface area contributed by atoms with Gasteiger partial charge in [-0.15, -0.1) is 11.8 Å². The number of thioether (sulfide) groups is 1. The van der Waals surface area contributed by atoms with Crippen LogP contribution in [0.4, 0.5) is 0 Å². The van der Waals surface area contributed by atoms with E-state index in [4.69, 9.17) is 9.15 Å². The van der Waals surface area contributed by atoms with Gasteiger partial charge in [-0.05, 0) is 72.3 Å². The van der Waals surface area contributed by atoms with Crippen LogP contribution in [0.5, 0.6) is 0 Å². The third kappa shape index (κ3) is 4.04. The minimum atomic E-state index is -0.606. The van der Waals surface area contributed by atoms with E-state index in [9.17, 15) is 14.4 Å². The smallest absolute Gasteiger partial charge is 0.255 e. The first-order chi connectivity index (χ1) is 17.7. The van der Waals surface area contributed by atoms with E-state index in [1.807, 2.05) is 30.3 Å². The molecule has 7 nitrogen and oxygen atoms in total. The second kappa shape index (κ2) is 9.02.